The van der Waals surface area contributed by atoms with E-state index in [1.807, 2.05) is 0 Å². The molecule has 0 fully saturated rings. The Morgan fingerprint density at radius 3 is 2.60 bits per heavy atom. The van der Waals surface area contributed by atoms with Gasteiger partial charge in [0, 0.05) is 17.3 Å². The lowest BCUT2D eigenvalue weighted by atomic mass is 10.0. The molecule has 0 bridgehead atoms. The van der Waals surface area contributed by atoms with E-state index in [1.54, 1.807) is 18.2 Å². The average Bonchev–Trinajstić information content (AvgIpc) is 2.26. The fraction of sp³-hybridized carbons (Fsp3) is 0.400. The summed E-state index contributed by atoms with van der Waals surface area (Å²) >= 11 is 5.43. The van der Waals surface area contributed by atoms with Gasteiger partial charge in [0.05, 0.1) is 19.1 Å². The Morgan fingerprint density at radius 1 is 1.47 bits per heavy atom. The number of methoxy groups -OCH3 is 1. The van der Waals surface area contributed by atoms with Crippen LogP contribution in [0.15, 0.2) is 18.2 Å². The molecule has 2 atom stereocenters. The molecule has 0 saturated heterocycles. The predicted octanol–water partition coefficient (Wildman–Crippen LogP) is 0.911. The second-order valence-corrected chi connectivity index (χ2v) is 3.47. The maximum atomic E-state index is 9.68. The van der Waals surface area contributed by atoms with Crippen LogP contribution in [0.4, 0.5) is 5.69 Å². The van der Waals surface area contributed by atoms with Crippen molar-refractivity contribution in [3.8, 4) is 5.75 Å². The van der Waals surface area contributed by atoms with Gasteiger partial charge in [0.15, 0.2) is 0 Å². The van der Waals surface area contributed by atoms with Crippen molar-refractivity contribution in [2.45, 2.75) is 12.2 Å². The van der Waals surface area contributed by atoms with Gasteiger partial charge in [-0.2, -0.15) is 0 Å². The minimum atomic E-state index is -1.08. The fourth-order valence-electron chi connectivity index (χ4n) is 1.24. The van der Waals surface area contributed by atoms with Crippen LogP contribution < -0.4 is 10.5 Å². The van der Waals surface area contributed by atoms with Crippen molar-refractivity contribution < 1.29 is 14.9 Å². The number of nitrogen functional groups attached to an aromatic ring is 1. The Hall–Kier alpha value is -0.970. The van der Waals surface area contributed by atoms with E-state index in [1.165, 1.54) is 7.11 Å². The molecule has 1 aromatic rings. The van der Waals surface area contributed by atoms with Gasteiger partial charge in [-0.15, -0.1) is 11.6 Å². The van der Waals surface area contributed by atoms with Gasteiger partial charge < -0.3 is 20.7 Å². The zero-order valence-electron chi connectivity index (χ0n) is 8.35. The number of alkyl halides is 1. The fourth-order valence-corrected chi connectivity index (χ4v) is 1.41. The van der Waals surface area contributed by atoms with Crippen molar-refractivity contribution in [3.63, 3.8) is 0 Å². The first kappa shape index (κ1) is 12.1. The topological polar surface area (TPSA) is 75.7 Å². The molecule has 0 spiro atoms. The van der Waals surface area contributed by atoms with Crippen LogP contribution in [-0.2, 0) is 0 Å². The maximum absolute atomic E-state index is 9.68. The van der Waals surface area contributed by atoms with Crippen LogP contribution in [0, 0.1) is 0 Å². The first-order valence-electron chi connectivity index (χ1n) is 4.45. The first-order valence-corrected chi connectivity index (χ1v) is 4.99. The zero-order valence-corrected chi connectivity index (χ0v) is 9.11. The Balaban J connectivity index is 2.95. The highest BCUT2D eigenvalue weighted by Crippen LogP contribution is 2.27. The normalized spacial score (nSPS) is 14.7. The average molecular weight is 232 g/mol. The summed E-state index contributed by atoms with van der Waals surface area (Å²) in [6, 6.07) is 4.85. The SMILES string of the molecule is COc1ccc(C(O)C(O)CCl)c(N)c1. The molecule has 5 heteroatoms. The molecule has 15 heavy (non-hydrogen) atoms. The molecule has 0 heterocycles. The molecule has 4 nitrogen and oxygen atoms in total. The highest BCUT2D eigenvalue weighted by molar-refractivity contribution is 6.18. The van der Waals surface area contributed by atoms with Gasteiger partial charge in [0.25, 0.3) is 0 Å². The third-order valence-corrected chi connectivity index (χ3v) is 2.45. The molecule has 0 aliphatic rings. The van der Waals surface area contributed by atoms with E-state index >= 15 is 0 Å². The van der Waals surface area contributed by atoms with Crippen LogP contribution in [0.25, 0.3) is 0 Å². The highest BCUT2D eigenvalue weighted by atomic mass is 35.5. The van der Waals surface area contributed by atoms with Gasteiger partial charge in [0.2, 0.25) is 0 Å². The zero-order chi connectivity index (χ0) is 11.4. The van der Waals surface area contributed by atoms with Gasteiger partial charge in [-0.3, -0.25) is 0 Å². The van der Waals surface area contributed by atoms with Gasteiger partial charge in [0.1, 0.15) is 11.9 Å². The number of aliphatic hydroxyl groups is 2. The standard InChI is InChI=1S/C10H14ClNO3/c1-15-6-2-3-7(8(12)4-6)10(14)9(13)5-11/h2-4,9-10,13-14H,5,12H2,1H3. The maximum Gasteiger partial charge on any atom is 0.120 e. The van der Waals surface area contributed by atoms with Crippen molar-refractivity contribution in [1.82, 2.24) is 0 Å². The summed E-state index contributed by atoms with van der Waals surface area (Å²) in [5.41, 5.74) is 6.51. The summed E-state index contributed by atoms with van der Waals surface area (Å²) in [5.74, 6) is 0.552. The van der Waals surface area contributed by atoms with E-state index in [2.05, 4.69) is 0 Å². The first-order chi connectivity index (χ1) is 7.10. The second kappa shape index (κ2) is 5.21. The number of rotatable bonds is 4. The van der Waals surface area contributed by atoms with Crippen molar-refractivity contribution in [2.24, 2.45) is 0 Å². The largest absolute Gasteiger partial charge is 0.497 e. The molecule has 0 aliphatic heterocycles. The monoisotopic (exact) mass is 231 g/mol. The second-order valence-electron chi connectivity index (χ2n) is 3.16. The van der Waals surface area contributed by atoms with E-state index in [0.29, 0.717) is 17.0 Å². The third-order valence-electron chi connectivity index (χ3n) is 2.14. The third kappa shape index (κ3) is 2.75. The quantitative estimate of drug-likeness (QED) is 0.532. The van der Waals surface area contributed by atoms with Gasteiger partial charge >= 0.3 is 0 Å². The lowest BCUT2D eigenvalue weighted by Gasteiger charge is -2.17. The molecule has 1 aromatic carbocycles. The minimum absolute atomic E-state index is 0.0490. The van der Waals surface area contributed by atoms with Crippen molar-refractivity contribution >= 4 is 17.3 Å². The summed E-state index contributed by atoms with van der Waals surface area (Å²) < 4.78 is 4.97. The van der Waals surface area contributed by atoms with Crippen molar-refractivity contribution in [1.29, 1.82) is 0 Å². The van der Waals surface area contributed by atoms with Crippen LogP contribution in [0.1, 0.15) is 11.7 Å². The van der Waals surface area contributed by atoms with Gasteiger partial charge in [-0.1, -0.05) is 6.07 Å². The molecule has 0 aliphatic carbocycles. The number of halogens is 1. The lowest BCUT2D eigenvalue weighted by Crippen LogP contribution is -2.20. The number of benzene rings is 1. The summed E-state index contributed by atoms with van der Waals surface area (Å²) in [6.45, 7) is 0. The molecular formula is C10H14ClNO3. The Labute approximate surface area is 93.2 Å². The number of anilines is 1. The van der Waals surface area contributed by atoms with Crippen LogP contribution >= 0.6 is 11.6 Å². The summed E-state index contributed by atoms with van der Waals surface area (Å²) in [7, 11) is 1.53. The smallest absolute Gasteiger partial charge is 0.120 e. The molecule has 2 unspecified atom stereocenters. The number of nitrogens with two attached hydrogens (primary N) is 1. The number of hydrogen-bond donors (Lipinski definition) is 3. The summed E-state index contributed by atoms with van der Waals surface area (Å²) in [4.78, 5) is 0. The van der Waals surface area contributed by atoms with Crippen molar-refractivity contribution in [2.75, 3.05) is 18.7 Å². The molecule has 0 aromatic heterocycles. The Bertz CT molecular complexity index is 332. The Kier molecular flexibility index (Phi) is 4.20. The minimum Gasteiger partial charge on any atom is -0.497 e. The number of ether oxygens (including phenoxy) is 1. The van der Waals surface area contributed by atoms with Crippen LogP contribution in [0.5, 0.6) is 5.75 Å². The van der Waals surface area contributed by atoms with E-state index < -0.39 is 12.2 Å². The molecule has 0 radical (unpaired) electrons. The van der Waals surface area contributed by atoms with Crippen molar-refractivity contribution in [3.05, 3.63) is 23.8 Å². The van der Waals surface area contributed by atoms with Gasteiger partial charge in [-0.05, 0) is 6.07 Å². The summed E-state index contributed by atoms with van der Waals surface area (Å²) in [6.07, 6.45) is -2.10. The van der Waals surface area contributed by atoms with Crippen LogP contribution in [0.2, 0.25) is 0 Å². The predicted molar refractivity (Wildman–Crippen MR) is 59.1 cm³/mol. The molecule has 0 amide bonds. The number of aliphatic hydroxyl groups excluding tert-OH is 2. The molecule has 1 rings (SSSR count). The molecule has 0 saturated carbocycles. The molecule has 84 valence electrons. The highest BCUT2D eigenvalue weighted by Gasteiger charge is 2.19. The van der Waals surface area contributed by atoms with Gasteiger partial charge in [-0.25, -0.2) is 0 Å². The Morgan fingerprint density at radius 2 is 2.13 bits per heavy atom. The molecular weight excluding hydrogens is 218 g/mol. The van der Waals surface area contributed by atoms with Crippen LogP contribution in [-0.4, -0.2) is 29.3 Å². The summed E-state index contributed by atoms with van der Waals surface area (Å²) in [5, 5.41) is 19.0. The number of hydrogen-bond acceptors (Lipinski definition) is 4. The van der Waals surface area contributed by atoms with E-state index in [9.17, 15) is 10.2 Å². The van der Waals surface area contributed by atoms with Crippen LogP contribution in [0.3, 0.4) is 0 Å². The van der Waals surface area contributed by atoms with E-state index in [0.717, 1.165) is 0 Å². The van der Waals surface area contributed by atoms with E-state index in [4.69, 9.17) is 22.1 Å². The van der Waals surface area contributed by atoms with E-state index in [-0.39, 0.29) is 5.88 Å². The molecule has 4 N–H and O–H groups in total. The lowest BCUT2D eigenvalue weighted by molar-refractivity contribution is 0.0331.